The van der Waals surface area contributed by atoms with Crippen LogP contribution >= 0.6 is 0 Å². The normalized spacial score (nSPS) is 11.7. The molecule has 2 N–H and O–H groups in total. The number of aryl methyl sites for hydroxylation is 1. The molecular weight excluding hydrogens is 306 g/mol. The van der Waals surface area contributed by atoms with E-state index in [0.29, 0.717) is 12.2 Å². The molecule has 0 saturated carbocycles. The van der Waals surface area contributed by atoms with Crippen molar-refractivity contribution in [3.63, 3.8) is 0 Å². The third-order valence-corrected chi connectivity index (χ3v) is 3.78. The fraction of sp³-hybridized carbons (Fsp3) is 0.353. The predicted molar refractivity (Wildman–Crippen MR) is 92.4 cm³/mol. The lowest BCUT2D eigenvalue weighted by molar-refractivity contribution is -0.128. The minimum Gasteiger partial charge on any atom is -0.342 e. The first-order valence-corrected chi connectivity index (χ1v) is 7.72. The second-order valence-electron chi connectivity index (χ2n) is 5.80. The molecule has 1 atom stereocenters. The van der Waals surface area contributed by atoms with Crippen LogP contribution in [0.5, 0.6) is 0 Å². The second kappa shape index (κ2) is 7.63. The van der Waals surface area contributed by atoms with E-state index in [4.69, 9.17) is 0 Å². The molecule has 7 heteroatoms. The van der Waals surface area contributed by atoms with Crippen molar-refractivity contribution in [3.05, 3.63) is 47.8 Å². The Morgan fingerprint density at radius 3 is 2.67 bits per heavy atom. The topological polar surface area (TPSA) is 79.3 Å². The van der Waals surface area contributed by atoms with Gasteiger partial charge in [-0.3, -0.25) is 9.48 Å². The highest BCUT2D eigenvalue weighted by Crippen LogP contribution is 2.17. The number of nitrogens with zero attached hydrogens (tertiary/aromatic N) is 3. The summed E-state index contributed by atoms with van der Waals surface area (Å²) < 4.78 is 1.69. The highest BCUT2D eigenvalue weighted by Gasteiger charge is 2.13. The predicted octanol–water partition coefficient (Wildman–Crippen LogP) is 2.28. The lowest BCUT2D eigenvalue weighted by Crippen LogP contribution is -2.32. The number of aromatic nitrogens is 2. The molecule has 1 unspecified atom stereocenters. The maximum atomic E-state index is 12.2. The number of nitrogens with one attached hydrogen (secondary N) is 2. The summed E-state index contributed by atoms with van der Waals surface area (Å²) in [6.07, 6.45) is 3.58. The van der Waals surface area contributed by atoms with Gasteiger partial charge < -0.3 is 15.5 Å². The van der Waals surface area contributed by atoms with Crippen LogP contribution in [-0.2, 0) is 18.4 Å². The number of hydrogen-bond acceptors (Lipinski definition) is 3. The van der Waals surface area contributed by atoms with Crippen molar-refractivity contribution in [1.29, 1.82) is 0 Å². The molecule has 0 bridgehead atoms. The monoisotopic (exact) mass is 329 g/mol. The van der Waals surface area contributed by atoms with Crippen molar-refractivity contribution >= 4 is 17.6 Å². The highest BCUT2D eigenvalue weighted by atomic mass is 16.2. The summed E-state index contributed by atoms with van der Waals surface area (Å²) in [6, 6.07) is 6.97. The smallest absolute Gasteiger partial charge is 0.319 e. The zero-order valence-corrected chi connectivity index (χ0v) is 14.4. The lowest BCUT2D eigenvalue weighted by Gasteiger charge is -2.19. The van der Waals surface area contributed by atoms with E-state index in [1.807, 2.05) is 44.4 Å². The van der Waals surface area contributed by atoms with Gasteiger partial charge in [-0.2, -0.15) is 5.10 Å². The Morgan fingerprint density at radius 1 is 1.33 bits per heavy atom. The van der Waals surface area contributed by atoms with E-state index in [1.165, 1.54) is 6.92 Å². The van der Waals surface area contributed by atoms with Crippen LogP contribution in [0.4, 0.5) is 10.5 Å². The number of anilines is 1. The first kappa shape index (κ1) is 17.5. The van der Waals surface area contributed by atoms with Crippen LogP contribution in [0.15, 0.2) is 36.7 Å². The van der Waals surface area contributed by atoms with E-state index >= 15 is 0 Å². The molecule has 0 radical (unpaired) electrons. The molecule has 1 aromatic heterocycles. The van der Waals surface area contributed by atoms with Crippen LogP contribution in [0, 0.1) is 0 Å². The standard InChI is InChI=1S/C17H23N5O2/c1-12(15-9-18-22(4)11-15)19-17(24)20-16-8-6-5-7-14(16)10-21(3)13(2)23/h5-9,11-12H,10H2,1-4H3,(H2,19,20,24). The first-order chi connectivity index (χ1) is 11.4. The number of amides is 3. The van der Waals surface area contributed by atoms with Gasteiger partial charge in [-0.05, 0) is 18.6 Å². The summed E-state index contributed by atoms with van der Waals surface area (Å²) in [5.74, 6) is -0.0283. The molecular formula is C17H23N5O2. The van der Waals surface area contributed by atoms with Crippen LogP contribution < -0.4 is 10.6 Å². The summed E-state index contributed by atoms with van der Waals surface area (Å²) in [4.78, 5) is 25.2. The number of urea groups is 1. The molecule has 24 heavy (non-hydrogen) atoms. The molecule has 7 nitrogen and oxygen atoms in total. The molecule has 3 amide bonds. The number of carbonyl (C=O) groups is 2. The summed E-state index contributed by atoms with van der Waals surface area (Å²) in [5.41, 5.74) is 2.48. The summed E-state index contributed by atoms with van der Waals surface area (Å²) in [7, 11) is 3.56. The van der Waals surface area contributed by atoms with E-state index in [0.717, 1.165) is 11.1 Å². The zero-order valence-electron chi connectivity index (χ0n) is 14.4. The second-order valence-corrected chi connectivity index (χ2v) is 5.80. The van der Waals surface area contributed by atoms with Gasteiger partial charge in [0.25, 0.3) is 0 Å². The largest absolute Gasteiger partial charge is 0.342 e. The molecule has 2 aromatic rings. The molecule has 2 rings (SSSR count). The Hall–Kier alpha value is -2.83. The summed E-state index contributed by atoms with van der Waals surface area (Å²) >= 11 is 0. The molecule has 0 aliphatic carbocycles. The van der Waals surface area contributed by atoms with Gasteiger partial charge in [0.2, 0.25) is 5.91 Å². The fourth-order valence-corrected chi connectivity index (χ4v) is 2.25. The molecule has 0 aliphatic rings. The van der Waals surface area contributed by atoms with Gasteiger partial charge >= 0.3 is 6.03 Å². The Bertz CT molecular complexity index is 725. The minimum atomic E-state index is -0.302. The third kappa shape index (κ3) is 4.58. The van der Waals surface area contributed by atoms with E-state index in [9.17, 15) is 9.59 Å². The average Bonchev–Trinajstić information content (AvgIpc) is 2.95. The van der Waals surface area contributed by atoms with Crippen LogP contribution in [0.25, 0.3) is 0 Å². The first-order valence-electron chi connectivity index (χ1n) is 7.72. The maximum Gasteiger partial charge on any atom is 0.319 e. The number of benzene rings is 1. The summed E-state index contributed by atoms with van der Waals surface area (Å²) in [6.45, 7) is 3.84. The zero-order chi connectivity index (χ0) is 17.7. The maximum absolute atomic E-state index is 12.2. The van der Waals surface area contributed by atoms with Gasteiger partial charge in [0, 0.05) is 45.0 Å². The Kier molecular flexibility index (Phi) is 5.57. The fourth-order valence-electron chi connectivity index (χ4n) is 2.25. The van der Waals surface area contributed by atoms with Crippen molar-refractivity contribution in [1.82, 2.24) is 20.0 Å². The van der Waals surface area contributed by atoms with Crippen LogP contribution in [0.1, 0.15) is 31.0 Å². The number of rotatable bonds is 5. The number of para-hydroxylation sites is 1. The average molecular weight is 329 g/mol. The van der Waals surface area contributed by atoms with Crippen LogP contribution in [0.3, 0.4) is 0 Å². The Morgan fingerprint density at radius 2 is 2.04 bits per heavy atom. The van der Waals surface area contributed by atoms with Gasteiger partial charge in [-0.1, -0.05) is 18.2 Å². The van der Waals surface area contributed by atoms with E-state index < -0.39 is 0 Å². The van der Waals surface area contributed by atoms with Gasteiger partial charge in [0.1, 0.15) is 0 Å². The van der Waals surface area contributed by atoms with Crippen molar-refractivity contribution in [2.75, 3.05) is 12.4 Å². The molecule has 1 heterocycles. The van der Waals surface area contributed by atoms with Crippen molar-refractivity contribution in [2.24, 2.45) is 7.05 Å². The van der Waals surface area contributed by atoms with Crippen LogP contribution in [0.2, 0.25) is 0 Å². The SMILES string of the molecule is CC(=O)N(C)Cc1ccccc1NC(=O)NC(C)c1cnn(C)c1. The van der Waals surface area contributed by atoms with Gasteiger partial charge in [0.05, 0.1) is 12.2 Å². The molecule has 0 fully saturated rings. The number of hydrogen-bond donors (Lipinski definition) is 2. The minimum absolute atomic E-state index is 0.0283. The summed E-state index contributed by atoms with van der Waals surface area (Å²) in [5, 5.41) is 9.82. The quantitative estimate of drug-likeness (QED) is 0.883. The Labute approximate surface area is 141 Å². The van der Waals surface area contributed by atoms with Gasteiger partial charge in [-0.15, -0.1) is 0 Å². The van der Waals surface area contributed by atoms with Crippen molar-refractivity contribution in [3.8, 4) is 0 Å². The third-order valence-electron chi connectivity index (χ3n) is 3.78. The van der Waals surface area contributed by atoms with Crippen LogP contribution in [-0.4, -0.2) is 33.7 Å². The molecule has 1 aromatic carbocycles. The van der Waals surface area contributed by atoms with Gasteiger partial charge in [-0.25, -0.2) is 4.79 Å². The Balaban J connectivity index is 2.02. The van der Waals surface area contributed by atoms with Crippen molar-refractivity contribution in [2.45, 2.75) is 26.4 Å². The molecule has 0 saturated heterocycles. The lowest BCUT2D eigenvalue weighted by atomic mass is 10.1. The molecule has 128 valence electrons. The van der Waals surface area contributed by atoms with E-state index in [2.05, 4.69) is 15.7 Å². The van der Waals surface area contributed by atoms with E-state index in [1.54, 1.807) is 22.8 Å². The van der Waals surface area contributed by atoms with Gasteiger partial charge in [0.15, 0.2) is 0 Å². The van der Waals surface area contributed by atoms with E-state index in [-0.39, 0.29) is 18.0 Å². The number of carbonyl (C=O) groups excluding carboxylic acids is 2. The molecule has 0 spiro atoms. The highest BCUT2D eigenvalue weighted by molar-refractivity contribution is 5.90. The van der Waals surface area contributed by atoms with Crippen molar-refractivity contribution < 1.29 is 9.59 Å². The molecule has 0 aliphatic heterocycles.